The van der Waals surface area contributed by atoms with Gasteiger partial charge >= 0.3 is 0 Å². The lowest BCUT2D eigenvalue weighted by atomic mass is 9.87. The Morgan fingerprint density at radius 3 is 2.63 bits per heavy atom. The number of anilines is 2. The molecule has 0 bridgehead atoms. The summed E-state index contributed by atoms with van der Waals surface area (Å²) in [7, 11) is 0. The van der Waals surface area contributed by atoms with E-state index in [0.717, 1.165) is 15.9 Å². The van der Waals surface area contributed by atoms with Crippen LogP contribution in [0.3, 0.4) is 0 Å². The predicted molar refractivity (Wildman–Crippen MR) is 153 cm³/mol. The lowest BCUT2D eigenvalue weighted by Gasteiger charge is -2.39. The molecule has 1 aromatic heterocycles. The maximum Gasteiger partial charge on any atom is 0.252 e. The first-order valence-electron chi connectivity index (χ1n) is 13.5. The predicted octanol–water partition coefficient (Wildman–Crippen LogP) is 4.70. The maximum atomic E-state index is 15.0. The van der Waals surface area contributed by atoms with Gasteiger partial charge in [0.15, 0.2) is 0 Å². The Balaban J connectivity index is 1.64. The molecule has 1 saturated carbocycles. The molecule has 222 valence electrons. The highest BCUT2D eigenvalue weighted by Gasteiger charge is 2.48. The van der Waals surface area contributed by atoms with E-state index in [1.165, 1.54) is 30.1 Å². The molecule has 0 radical (unpaired) electrons. The van der Waals surface area contributed by atoms with Gasteiger partial charge in [-0.25, -0.2) is 23.1 Å². The zero-order chi connectivity index (χ0) is 30.9. The number of aromatic nitrogens is 2. The van der Waals surface area contributed by atoms with Crippen molar-refractivity contribution in [3.8, 4) is 6.07 Å². The molecule has 0 spiro atoms. The van der Waals surface area contributed by atoms with Gasteiger partial charge in [0.2, 0.25) is 17.8 Å². The van der Waals surface area contributed by atoms with Crippen LogP contribution in [0.5, 0.6) is 0 Å². The summed E-state index contributed by atoms with van der Waals surface area (Å²) in [6.45, 7) is 1.74. The highest BCUT2D eigenvalue weighted by molar-refractivity contribution is 7.98. The number of benzene rings is 2. The van der Waals surface area contributed by atoms with Crippen molar-refractivity contribution >= 4 is 41.1 Å². The molecule has 9 nitrogen and oxygen atoms in total. The summed E-state index contributed by atoms with van der Waals surface area (Å²) in [6, 6.07) is 10.6. The molecule has 5 rings (SSSR count). The Morgan fingerprint density at radius 2 is 1.95 bits per heavy atom. The molecular weight excluding hydrogens is 581 g/mol. The number of thioether (sulfide) groups is 1. The third kappa shape index (κ3) is 6.19. The number of nitrogens with one attached hydrogen (secondary N) is 1. The van der Waals surface area contributed by atoms with Gasteiger partial charge in [-0.2, -0.15) is 5.26 Å². The number of nitrogens with zero attached hydrogens (tertiary/aromatic N) is 5. The average Bonchev–Trinajstić information content (AvgIpc) is 3.35. The molecule has 13 heteroatoms. The van der Waals surface area contributed by atoms with Crippen LogP contribution in [0, 0.1) is 24.1 Å². The van der Waals surface area contributed by atoms with Crippen molar-refractivity contribution in [2.75, 3.05) is 16.1 Å². The topological polar surface area (TPSA) is 119 Å². The third-order valence-corrected chi connectivity index (χ3v) is 8.21. The van der Waals surface area contributed by atoms with Gasteiger partial charge in [0, 0.05) is 42.1 Å². The van der Waals surface area contributed by atoms with Gasteiger partial charge in [0.1, 0.15) is 29.7 Å². The molecule has 2 unspecified atom stereocenters. The van der Waals surface area contributed by atoms with Gasteiger partial charge in [-0.1, -0.05) is 24.3 Å². The lowest BCUT2D eigenvalue weighted by Crippen LogP contribution is -2.56. The van der Waals surface area contributed by atoms with Crippen molar-refractivity contribution in [3.63, 3.8) is 0 Å². The van der Waals surface area contributed by atoms with E-state index in [4.69, 9.17) is 0 Å². The highest BCUT2D eigenvalue weighted by atomic mass is 32.2. The van der Waals surface area contributed by atoms with E-state index < -0.39 is 60.4 Å². The van der Waals surface area contributed by atoms with Crippen LogP contribution < -0.4 is 15.1 Å². The van der Waals surface area contributed by atoms with Crippen LogP contribution in [-0.2, 0) is 14.4 Å². The molecule has 2 aliphatic rings. The molecule has 1 saturated heterocycles. The number of hydrogen-bond donors (Lipinski definition) is 1. The molecule has 2 fully saturated rings. The molecule has 3 aromatic rings. The van der Waals surface area contributed by atoms with Crippen LogP contribution in [0.1, 0.15) is 48.5 Å². The number of carbonyl (C=O) groups is 3. The van der Waals surface area contributed by atoms with Crippen molar-refractivity contribution in [1.82, 2.24) is 15.3 Å². The summed E-state index contributed by atoms with van der Waals surface area (Å²) in [4.78, 5) is 52.6. The number of rotatable bonds is 8. The monoisotopic (exact) mass is 608 g/mol. The van der Waals surface area contributed by atoms with Crippen LogP contribution >= 0.6 is 11.8 Å². The fraction of sp³-hybridized carbons (Fsp3) is 0.333. The van der Waals surface area contributed by atoms with Crippen molar-refractivity contribution in [1.29, 1.82) is 5.26 Å². The van der Waals surface area contributed by atoms with E-state index in [1.807, 2.05) is 6.07 Å². The Labute approximate surface area is 250 Å². The van der Waals surface area contributed by atoms with Gasteiger partial charge in [0.25, 0.3) is 11.8 Å². The van der Waals surface area contributed by atoms with Gasteiger partial charge in [-0.3, -0.25) is 24.2 Å². The second kappa shape index (κ2) is 12.0. The van der Waals surface area contributed by atoms with E-state index in [0.29, 0.717) is 16.0 Å². The Morgan fingerprint density at radius 1 is 1.21 bits per heavy atom. The zero-order valence-electron chi connectivity index (χ0n) is 23.3. The second-order valence-electron chi connectivity index (χ2n) is 10.5. The largest absolute Gasteiger partial charge is 0.351 e. The smallest absolute Gasteiger partial charge is 0.252 e. The molecule has 3 amide bonds. The number of carbonyl (C=O) groups excluding carboxylic acids is 3. The Bertz CT molecular complexity index is 1620. The average molecular weight is 609 g/mol. The van der Waals surface area contributed by atoms with Crippen molar-refractivity contribution in [2.24, 2.45) is 0 Å². The van der Waals surface area contributed by atoms with E-state index in [-0.39, 0.29) is 30.2 Å². The number of halogens is 3. The number of hydrogen-bond acceptors (Lipinski definition) is 7. The normalized spacial score (nSPS) is 18.5. The van der Waals surface area contributed by atoms with Crippen molar-refractivity contribution in [2.45, 2.75) is 61.6 Å². The van der Waals surface area contributed by atoms with Crippen LogP contribution in [0.15, 0.2) is 59.6 Å². The third-order valence-electron chi connectivity index (χ3n) is 7.50. The van der Waals surface area contributed by atoms with Crippen molar-refractivity contribution in [3.05, 3.63) is 77.4 Å². The molecule has 1 N–H and O–H groups in total. The minimum Gasteiger partial charge on any atom is -0.351 e. The summed E-state index contributed by atoms with van der Waals surface area (Å²) in [5.74, 6) is -5.63. The zero-order valence-corrected chi connectivity index (χ0v) is 24.1. The van der Waals surface area contributed by atoms with E-state index in [1.54, 1.807) is 43.5 Å². The van der Waals surface area contributed by atoms with Crippen LogP contribution in [0.4, 0.5) is 24.8 Å². The lowest BCUT2D eigenvalue weighted by molar-refractivity contribution is -0.133. The fourth-order valence-corrected chi connectivity index (χ4v) is 5.87. The summed E-state index contributed by atoms with van der Waals surface area (Å²) in [5, 5.41) is 12.0. The van der Waals surface area contributed by atoms with Gasteiger partial charge in [-0.05, 0) is 55.0 Å². The minimum atomic E-state index is -2.90. The molecule has 1 aliphatic carbocycles. The molecule has 2 heterocycles. The molecule has 43 heavy (non-hydrogen) atoms. The van der Waals surface area contributed by atoms with Gasteiger partial charge < -0.3 is 5.32 Å². The quantitative estimate of drug-likeness (QED) is 0.368. The Hall–Kier alpha value is -4.44. The maximum absolute atomic E-state index is 15.0. The minimum absolute atomic E-state index is 0.0167. The summed E-state index contributed by atoms with van der Waals surface area (Å²) in [5.41, 5.74) is 1.05. The van der Waals surface area contributed by atoms with E-state index in [9.17, 15) is 32.8 Å². The first-order chi connectivity index (χ1) is 20.5. The second-order valence-corrected chi connectivity index (χ2v) is 11.3. The van der Waals surface area contributed by atoms with Crippen LogP contribution in [0.25, 0.3) is 0 Å². The molecule has 1 aliphatic heterocycles. The Kier molecular flexibility index (Phi) is 8.41. The molecule has 2 atom stereocenters. The highest BCUT2D eigenvalue weighted by Crippen LogP contribution is 2.39. The molecule has 2 aromatic carbocycles. The van der Waals surface area contributed by atoms with E-state index in [2.05, 4.69) is 15.3 Å². The summed E-state index contributed by atoms with van der Waals surface area (Å²) in [6.07, 6.45) is 1.94. The number of aryl methyl sites for hydroxylation is 1. The van der Waals surface area contributed by atoms with Gasteiger partial charge in [-0.15, -0.1) is 11.8 Å². The first-order valence-corrected chi connectivity index (χ1v) is 14.7. The number of amides is 3. The SMILES string of the molecule is CSc1cc(F)cc(N(C(=O)C2CCC(=O)N2c2nccc(C#N)n2)C(C(=O)NC2CC(F)(F)C2)c2ccccc2C)c1. The first kappa shape index (κ1) is 30.0. The number of alkyl halides is 2. The summed E-state index contributed by atoms with van der Waals surface area (Å²) >= 11 is 1.23. The van der Waals surface area contributed by atoms with Crippen LogP contribution in [-0.4, -0.2) is 52.0 Å². The van der Waals surface area contributed by atoms with Crippen molar-refractivity contribution < 1.29 is 27.6 Å². The van der Waals surface area contributed by atoms with Gasteiger partial charge in [0.05, 0.1) is 0 Å². The van der Waals surface area contributed by atoms with Crippen LogP contribution in [0.2, 0.25) is 0 Å². The fourth-order valence-electron chi connectivity index (χ4n) is 5.40. The molecular formula is C30H27F3N6O3S. The number of nitriles is 1. The summed E-state index contributed by atoms with van der Waals surface area (Å²) < 4.78 is 42.3. The standard InChI is InChI=1S/C30H27F3N6O3S/c1-17-5-3-4-6-23(17)26(27(41)36-20-14-30(32,33)15-20)38(21-11-18(31)12-22(13-21)43-2)28(42)24-7-8-25(40)39(24)29-35-10-9-19(16-34)37-29/h3-6,9-13,20,24,26H,7-8,14-15H2,1-2H3,(H,36,41). The van der Waals surface area contributed by atoms with E-state index >= 15 is 0 Å².